The molecule has 1 N–H and O–H groups in total. The Balaban J connectivity index is 1.88. The van der Waals surface area contributed by atoms with Gasteiger partial charge in [0.1, 0.15) is 5.75 Å². The number of nitrogens with one attached hydrogen (secondary N) is 1. The maximum absolute atomic E-state index is 12.3. The summed E-state index contributed by atoms with van der Waals surface area (Å²) < 4.78 is 5.11. The number of amides is 1. The number of hydrogen-bond donors (Lipinski definition) is 1. The van der Waals surface area contributed by atoms with Crippen molar-refractivity contribution in [1.29, 1.82) is 0 Å². The normalized spacial score (nSPS) is 16.4. The molecule has 20 heavy (non-hydrogen) atoms. The molecular weight excluding hydrogens is 254 g/mol. The Labute approximate surface area is 116 Å². The summed E-state index contributed by atoms with van der Waals surface area (Å²) in [6.45, 7) is 1.90. The Morgan fingerprint density at radius 1 is 1.10 bits per heavy atom. The van der Waals surface area contributed by atoms with Gasteiger partial charge >= 0.3 is 5.97 Å². The summed E-state index contributed by atoms with van der Waals surface area (Å²) in [6.07, 6.45) is 0. The third kappa shape index (κ3) is 2.05. The van der Waals surface area contributed by atoms with Crippen LogP contribution in [0.5, 0.6) is 5.75 Å². The van der Waals surface area contributed by atoms with Gasteiger partial charge in [0.05, 0.1) is 0 Å². The zero-order chi connectivity index (χ0) is 14.1. The number of carbonyl (C=O) groups excluding carboxylic acids is 2. The molecule has 3 rings (SSSR count). The quantitative estimate of drug-likeness (QED) is 0.517. The molecule has 2 aromatic carbocycles. The van der Waals surface area contributed by atoms with Gasteiger partial charge in [-0.05, 0) is 24.6 Å². The van der Waals surface area contributed by atoms with Crippen molar-refractivity contribution in [1.82, 2.24) is 0 Å². The molecule has 1 atom stereocenters. The molecule has 0 aliphatic carbocycles. The van der Waals surface area contributed by atoms with Crippen molar-refractivity contribution in [3.8, 4) is 5.75 Å². The van der Waals surface area contributed by atoms with Crippen LogP contribution in [0.15, 0.2) is 48.5 Å². The van der Waals surface area contributed by atoms with Gasteiger partial charge in [0.2, 0.25) is 5.91 Å². The maximum atomic E-state index is 12.3. The molecule has 2 aromatic rings. The zero-order valence-electron chi connectivity index (χ0n) is 10.9. The van der Waals surface area contributed by atoms with Crippen molar-refractivity contribution in [2.24, 2.45) is 0 Å². The van der Waals surface area contributed by atoms with E-state index in [2.05, 4.69) is 5.32 Å². The van der Waals surface area contributed by atoms with Crippen molar-refractivity contribution in [3.63, 3.8) is 0 Å². The highest BCUT2D eigenvalue weighted by Crippen LogP contribution is 2.35. The fourth-order valence-corrected chi connectivity index (χ4v) is 2.27. The fraction of sp³-hybridized carbons (Fsp3) is 0.125. The number of aryl methyl sites for hydroxylation is 1. The van der Waals surface area contributed by atoms with Crippen LogP contribution in [-0.4, -0.2) is 11.9 Å². The molecule has 1 aliphatic heterocycles. The molecule has 1 amide bonds. The lowest BCUT2D eigenvalue weighted by atomic mass is 9.99. The van der Waals surface area contributed by atoms with Crippen LogP contribution in [-0.2, 0) is 9.59 Å². The Morgan fingerprint density at radius 3 is 2.60 bits per heavy atom. The van der Waals surface area contributed by atoms with E-state index in [9.17, 15) is 9.59 Å². The lowest BCUT2D eigenvalue weighted by Crippen LogP contribution is -2.26. The number of fused-ring (bicyclic) bond motifs is 1. The smallest absolute Gasteiger partial charge is 0.328 e. The van der Waals surface area contributed by atoms with Crippen LogP contribution in [0.1, 0.15) is 17.0 Å². The summed E-state index contributed by atoms with van der Waals surface area (Å²) in [5, 5.41) is 2.78. The molecule has 100 valence electrons. The summed E-state index contributed by atoms with van der Waals surface area (Å²) in [7, 11) is 0. The van der Waals surface area contributed by atoms with Crippen LogP contribution in [0.4, 0.5) is 5.69 Å². The SMILES string of the molecule is Cc1ccccc1NC(=O)[C@@H]1C(=O)Oc2ccccc21. The molecular formula is C16H13NO3. The van der Waals surface area contributed by atoms with Crippen LogP contribution in [0, 0.1) is 6.92 Å². The van der Waals surface area contributed by atoms with Crippen molar-refractivity contribution in [2.75, 3.05) is 5.32 Å². The lowest BCUT2D eigenvalue weighted by Gasteiger charge is -2.11. The van der Waals surface area contributed by atoms with E-state index in [4.69, 9.17) is 4.74 Å². The van der Waals surface area contributed by atoms with E-state index in [0.29, 0.717) is 17.0 Å². The molecule has 1 heterocycles. The Kier molecular flexibility index (Phi) is 2.99. The van der Waals surface area contributed by atoms with Crippen LogP contribution in [0.25, 0.3) is 0 Å². The highest BCUT2D eigenvalue weighted by molar-refractivity contribution is 6.12. The van der Waals surface area contributed by atoms with Crippen LogP contribution >= 0.6 is 0 Å². The predicted octanol–water partition coefficient (Wildman–Crippen LogP) is 2.64. The highest BCUT2D eigenvalue weighted by atomic mass is 16.5. The Hall–Kier alpha value is -2.62. The number of benzene rings is 2. The number of carbonyl (C=O) groups is 2. The zero-order valence-corrected chi connectivity index (χ0v) is 10.9. The molecule has 0 spiro atoms. The molecule has 0 saturated heterocycles. The first-order valence-corrected chi connectivity index (χ1v) is 6.34. The molecule has 0 saturated carbocycles. The first-order chi connectivity index (χ1) is 9.66. The van der Waals surface area contributed by atoms with E-state index in [1.54, 1.807) is 30.3 Å². The first kappa shape index (κ1) is 12.4. The Morgan fingerprint density at radius 2 is 1.80 bits per heavy atom. The van der Waals surface area contributed by atoms with E-state index in [0.717, 1.165) is 5.56 Å². The van der Waals surface area contributed by atoms with Crippen molar-refractivity contribution in [2.45, 2.75) is 12.8 Å². The van der Waals surface area contributed by atoms with Gasteiger partial charge in [-0.1, -0.05) is 36.4 Å². The van der Waals surface area contributed by atoms with Gasteiger partial charge in [-0.2, -0.15) is 0 Å². The van der Waals surface area contributed by atoms with Gasteiger partial charge in [-0.15, -0.1) is 0 Å². The fourth-order valence-electron chi connectivity index (χ4n) is 2.27. The number of rotatable bonds is 2. The van der Waals surface area contributed by atoms with Gasteiger partial charge in [-0.25, -0.2) is 0 Å². The summed E-state index contributed by atoms with van der Waals surface area (Å²) in [4.78, 5) is 24.2. The standard InChI is InChI=1S/C16H13NO3/c1-10-6-2-4-8-12(10)17-15(18)14-11-7-3-5-9-13(11)20-16(14)19/h2-9,14H,1H3,(H,17,18)/t14-/m1/s1. The minimum absolute atomic E-state index is 0.366. The minimum Gasteiger partial charge on any atom is -0.425 e. The van der Waals surface area contributed by atoms with E-state index >= 15 is 0 Å². The Bertz CT molecular complexity index is 694. The average Bonchev–Trinajstić information content (AvgIpc) is 2.77. The molecule has 4 heteroatoms. The van der Waals surface area contributed by atoms with E-state index in [1.165, 1.54) is 0 Å². The minimum atomic E-state index is -0.897. The van der Waals surface area contributed by atoms with Gasteiger partial charge in [0.15, 0.2) is 5.92 Å². The van der Waals surface area contributed by atoms with Crippen LogP contribution in [0.2, 0.25) is 0 Å². The summed E-state index contributed by atoms with van der Waals surface area (Å²) in [6, 6.07) is 14.4. The molecule has 1 aliphatic rings. The molecule has 0 bridgehead atoms. The summed E-state index contributed by atoms with van der Waals surface area (Å²) >= 11 is 0. The predicted molar refractivity (Wildman–Crippen MR) is 74.6 cm³/mol. The van der Waals surface area contributed by atoms with Gasteiger partial charge in [0.25, 0.3) is 0 Å². The van der Waals surface area contributed by atoms with Crippen molar-refractivity contribution >= 4 is 17.6 Å². The summed E-state index contributed by atoms with van der Waals surface area (Å²) in [5.74, 6) is -1.33. The van der Waals surface area contributed by atoms with Gasteiger partial charge in [-0.3, -0.25) is 9.59 Å². The van der Waals surface area contributed by atoms with Crippen molar-refractivity contribution < 1.29 is 14.3 Å². The number of anilines is 1. The van der Waals surface area contributed by atoms with Gasteiger partial charge < -0.3 is 10.1 Å². The lowest BCUT2D eigenvalue weighted by molar-refractivity contribution is -0.137. The number of ether oxygens (including phenoxy) is 1. The monoisotopic (exact) mass is 267 g/mol. The second-order valence-electron chi connectivity index (χ2n) is 4.70. The molecule has 0 aromatic heterocycles. The third-order valence-electron chi connectivity index (χ3n) is 3.34. The van der Waals surface area contributed by atoms with Crippen molar-refractivity contribution in [3.05, 3.63) is 59.7 Å². The number of hydrogen-bond acceptors (Lipinski definition) is 3. The van der Waals surface area contributed by atoms with E-state index in [-0.39, 0.29) is 5.91 Å². The van der Waals surface area contributed by atoms with Crippen LogP contribution in [0.3, 0.4) is 0 Å². The molecule has 0 radical (unpaired) electrons. The number of esters is 1. The molecule has 4 nitrogen and oxygen atoms in total. The second-order valence-corrected chi connectivity index (χ2v) is 4.70. The maximum Gasteiger partial charge on any atom is 0.328 e. The van der Waals surface area contributed by atoms with Gasteiger partial charge in [0, 0.05) is 11.3 Å². The molecule has 0 unspecified atom stereocenters. The number of para-hydroxylation sites is 2. The third-order valence-corrected chi connectivity index (χ3v) is 3.34. The van der Waals surface area contributed by atoms with E-state index in [1.807, 2.05) is 25.1 Å². The highest BCUT2D eigenvalue weighted by Gasteiger charge is 2.38. The largest absolute Gasteiger partial charge is 0.425 e. The van der Waals surface area contributed by atoms with Crippen LogP contribution < -0.4 is 10.1 Å². The second kappa shape index (κ2) is 4.81. The topological polar surface area (TPSA) is 55.4 Å². The average molecular weight is 267 g/mol. The summed E-state index contributed by atoms with van der Waals surface area (Å²) in [5.41, 5.74) is 2.26. The van der Waals surface area contributed by atoms with E-state index < -0.39 is 11.9 Å². The molecule has 0 fully saturated rings. The first-order valence-electron chi connectivity index (χ1n) is 6.34.